The van der Waals surface area contributed by atoms with Crippen LogP contribution < -0.4 is 11.1 Å². The van der Waals surface area contributed by atoms with Crippen molar-refractivity contribution in [1.82, 2.24) is 5.32 Å². The van der Waals surface area contributed by atoms with Crippen molar-refractivity contribution < 1.29 is 84.0 Å². The lowest BCUT2D eigenvalue weighted by atomic mass is 9.91. The van der Waals surface area contributed by atoms with Gasteiger partial charge in [0, 0.05) is 19.4 Å². The van der Waals surface area contributed by atoms with Crippen LogP contribution in [0, 0.1) is 0 Å². The molecule has 0 aliphatic carbocycles. The maximum absolute atomic E-state index is 12.1. The first-order valence-electron chi connectivity index (χ1n) is 15.6. The predicted octanol–water partition coefficient (Wildman–Crippen LogP) is -5.58. The summed E-state index contributed by atoms with van der Waals surface area (Å²) in [5.41, 5.74) is 5.10. The number of aliphatic hydroxyl groups excluding tert-OH is 9. The minimum Gasteiger partial charge on any atom is -0.394 e. The van der Waals surface area contributed by atoms with Crippen LogP contribution in [-0.4, -0.2) is 176 Å². The van der Waals surface area contributed by atoms with Crippen molar-refractivity contribution in [1.29, 1.82) is 0 Å². The number of ether oxygens (including phenoxy) is 6. The van der Waals surface area contributed by atoms with E-state index in [2.05, 4.69) is 5.32 Å². The Labute approximate surface area is 271 Å². The zero-order chi connectivity index (χ0) is 35.1. The number of hydrogen-bond acceptors (Lipinski definition) is 17. The molecule has 0 radical (unpaired) electrons. The van der Waals surface area contributed by atoms with Crippen LogP contribution in [0.4, 0.5) is 0 Å². The highest BCUT2D eigenvalue weighted by atomic mass is 16.8. The summed E-state index contributed by atoms with van der Waals surface area (Å²) in [6.07, 6.45) is -21.1. The van der Waals surface area contributed by atoms with E-state index in [4.69, 9.17) is 34.2 Å². The fraction of sp³-hybridized carbons (Fsp3) is 0.929. The molecule has 0 aromatic carbocycles. The highest BCUT2D eigenvalue weighted by Gasteiger charge is 2.58. The second-order valence-electron chi connectivity index (χ2n) is 12.1. The largest absolute Gasteiger partial charge is 0.394 e. The normalized spacial score (nSPS) is 42.6. The number of amides is 2. The van der Waals surface area contributed by atoms with Gasteiger partial charge in [0.2, 0.25) is 11.8 Å². The van der Waals surface area contributed by atoms with Crippen molar-refractivity contribution in [2.75, 3.05) is 26.4 Å². The quantitative estimate of drug-likeness (QED) is 0.0674. The van der Waals surface area contributed by atoms with Gasteiger partial charge in [0.25, 0.3) is 0 Å². The minimum atomic E-state index is -1.93. The molecule has 0 bridgehead atoms. The van der Waals surface area contributed by atoms with E-state index in [1.165, 1.54) is 13.8 Å². The molecule has 12 N–H and O–H groups in total. The molecule has 0 spiro atoms. The summed E-state index contributed by atoms with van der Waals surface area (Å²) in [4.78, 5) is 23.0. The smallest absolute Gasteiger partial charge is 0.219 e. The monoisotopic (exact) mass is 686 g/mol. The highest BCUT2D eigenvalue weighted by Crippen LogP contribution is 2.38. The molecule has 15 atom stereocenters. The van der Waals surface area contributed by atoms with E-state index in [-0.39, 0.29) is 38.3 Å². The SMILES string of the molecule is CC1O[C@@H](OC2C(O[C@@H]3OC(CO)[C@H](O)C(O)C3O)[C@@H](O)C(CO)OC2(C)OCCCNC(=O)CCCCC(N)=O)C(O)C(O)[C@@H]1O. The molecule has 19 nitrogen and oxygen atoms in total. The molecule has 3 saturated heterocycles. The second-order valence-corrected chi connectivity index (χ2v) is 12.1. The lowest BCUT2D eigenvalue weighted by Crippen LogP contribution is -2.70. The third kappa shape index (κ3) is 9.96. The van der Waals surface area contributed by atoms with Gasteiger partial charge in [-0.3, -0.25) is 9.59 Å². The van der Waals surface area contributed by atoms with Crippen LogP contribution in [-0.2, 0) is 38.0 Å². The maximum atomic E-state index is 12.1. The molecular formula is C28H50N2O17. The Balaban J connectivity index is 1.79. The molecule has 0 aromatic rings. The number of carbonyl (C=O) groups excluding carboxylic acids is 2. The van der Waals surface area contributed by atoms with Crippen LogP contribution in [0.25, 0.3) is 0 Å². The molecule has 3 fully saturated rings. The molecular weight excluding hydrogens is 636 g/mol. The van der Waals surface area contributed by atoms with Crippen molar-refractivity contribution in [3.63, 3.8) is 0 Å². The van der Waals surface area contributed by atoms with Crippen LogP contribution in [0.2, 0.25) is 0 Å². The van der Waals surface area contributed by atoms with Gasteiger partial charge in [-0.15, -0.1) is 0 Å². The van der Waals surface area contributed by atoms with Gasteiger partial charge in [0.15, 0.2) is 18.4 Å². The van der Waals surface area contributed by atoms with E-state index in [0.29, 0.717) is 12.8 Å². The Kier molecular flexibility index (Phi) is 15.1. The maximum Gasteiger partial charge on any atom is 0.219 e. The highest BCUT2D eigenvalue weighted by molar-refractivity contribution is 5.76. The van der Waals surface area contributed by atoms with Crippen molar-refractivity contribution >= 4 is 11.8 Å². The van der Waals surface area contributed by atoms with Gasteiger partial charge < -0.3 is 85.4 Å². The van der Waals surface area contributed by atoms with Crippen LogP contribution in [0.3, 0.4) is 0 Å². The number of hydrogen-bond donors (Lipinski definition) is 11. The Bertz CT molecular complexity index is 995. The van der Waals surface area contributed by atoms with E-state index in [9.17, 15) is 55.5 Å². The average Bonchev–Trinajstić information content (AvgIpc) is 3.03. The van der Waals surface area contributed by atoms with Gasteiger partial charge in [0.05, 0.1) is 25.9 Å². The van der Waals surface area contributed by atoms with Crippen LogP contribution >= 0.6 is 0 Å². The Morgan fingerprint density at radius 3 is 1.98 bits per heavy atom. The number of nitrogens with one attached hydrogen (secondary N) is 1. The zero-order valence-corrected chi connectivity index (χ0v) is 26.3. The zero-order valence-electron chi connectivity index (χ0n) is 26.3. The third-order valence-electron chi connectivity index (χ3n) is 8.44. The van der Waals surface area contributed by atoms with E-state index < -0.39 is 111 Å². The van der Waals surface area contributed by atoms with Crippen LogP contribution in [0.15, 0.2) is 0 Å². The van der Waals surface area contributed by atoms with Crippen molar-refractivity contribution in [3.05, 3.63) is 0 Å². The van der Waals surface area contributed by atoms with Gasteiger partial charge in [-0.05, 0) is 33.1 Å². The van der Waals surface area contributed by atoms with Gasteiger partial charge >= 0.3 is 0 Å². The second kappa shape index (κ2) is 17.8. The number of aliphatic hydroxyl groups is 9. The fourth-order valence-electron chi connectivity index (χ4n) is 5.59. The predicted molar refractivity (Wildman–Crippen MR) is 153 cm³/mol. The summed E-state index contributed by atoms with van der Waals surface area (Å²) in [6.45, 7) is 1.29. The number of primary amides is 1. The van der Waals surface area contributed by atoms with Gasteiger partial charge in [0.1, 0.15) is 67.1 Å². The molecule has 0 aromatic heterocycles. The standard InChI is InChI=1S/C28H50N2O17/c1-12-17(35)20(38)22(40)26(43-12)46-25-24(45-27-23(41)21(39)18(36)13(10-31)44-27)19(37)14(11-32)47-28(25,2)42-9-5-8-30-16(34)7-4-3-6-15(29)33/h12-14,17-27,31-32,35-41H,3-11H2,1-2H3,(H2,29,33)(H,30,34)/t12?,13?,14?,17-,18+,19+,20?,21?,22?,23?,24?,25?,26+,27+,28?/m1/s1. The first-order chi connectivity index (χ1) is 22.1. The molecule has 2 amide bonds. The Morgan fingerprint density at radius 1 is 0.766 bits per heavy atom. The third-order valence-corrected chi connectivity index (χ3v) is 8.44. The molecule has 10 unspecified atom stereocenters. The number of rotatable bonds is 16. The first-order valence-corrected chi connectivity index (χ1v) is 15.6. The van der Waals surface area contributed by atoms with Crippen LogP contribution in [0.5, 0.6) is 0 Å². The molecule has 19 heteroatoms. The van der Waals surface area contributed by atoms with E-state index in [0.717, 1.165) is 0 Å². The summed E-state index contributed by atoms with van der Waals surface area (Å²) >= 11 is 0. The van der Waals surface area contributed by atoms with E-state index in [1.54, 1.807) is 0 Å². The fourth-order valence-corrected chi connectivity index (χ4v) is 5.59. The topological polar surface area (TPSA) is 310 Å². The summed E-state index contributed by atoms with van der Waals surface area (Å²) in [7, 11) is 0. The molecule has 3 heterocycles. The number of unbranched alkanes of at least 4 members (excludes halogenated alkanes) is 1. The van der Waals surface area contributed by atoms with E-state index in [1.807, 2.05) is 0 Å². The molecule has 3 aliphatic rings. The molecule has 3 rings (SSSR count). The van der Waals surface area contributed by atoms with Crippen LogP contribution in [0.1, 0.15) is 46.0 Å². The lowest BCUT2D eigenvalue weighted by molar-refractivity contribution is -0.417. The lowest BCUT2D eigenvalue weighted by Gasteiger charge is -2.52. The molecule has 47 heavy (non-hydrogen) atoms. The summed E-state index contributed by atoms with van der Waals surface area (Å²) in [5, 5.41) is 95.8. The van der Waals surface area contributed by atoms with Crippen molar-refractivity contribution in [3.8, 4) is 0 Å². The Hall–Kier alpha value is -1.66. The number of nitrogens with two attached hydrogens (primary N) is 1. The number of carbonyl (C=O) groups is 2. The summed E-state index contributed by atoms with van der Waals surface area (Å²) in [6, 6.07) is 0. The molecule has 274 valence electrons. The van der Waals surface area contributed by atoms with Gasteiger partial charge in [-0.1, -0.05) is 0 Å². The van der Waals surface area contributed by atoms with Crippen molar-refractivity contribution in [2.24, 2.45) is 5.73 Å². The summed E-state index contributed by atoms with van der Waals surface area (Å²) < 4.78 is 34.8. The average molecular weight is 687 g/mol. The minimum absolute atomic E-state index is 0.106. The molecule has 3 aliphatic heterocycles. The van der Waals surface area contributed by atoms with E-state index >= 15 is 0 Å². The summed E-state index contributed by atoms with van der Waals surface area (Å²) in [5.74, 6) is -2.64. The van der Waals surface area contributed by atoms with Crippen molar-refractivity contribution in [2.45, 2.75) is 138 Å². The molecule has 0 saturated carbocycles. The Morgan fingerprint density at radius 2 is 1.36 bits per heavy atom. The first kappa shape index (κ1) is 39.8. The van der Waals surface area contributed by atoms with Gasteiger partial charge in [-0.2, -0.15) is 0 Å². The van der Waals surface area contributed by atoms with Gasteiger partial charge in [-0.25, -0.2) is 0 Å².